The first kappa shape index (κ1) is 10.6. The largest absolute Gasteiger partial charge is 0.482 e. The molecule has 2 aliphatic rings. The van der Waals surface area contributed by atoms with Crippen molar-refractivity contribution in [2.24, 2.45) is 5.73 Å². The molecule has 1 fully saturated rings. The van der Waals surface area contributed by atoms with Crippen molar-refractivity contribution in [1.82, 2.24) is 5.32 Å². The first-order chi connectivity index (χ1) is 8.29. The number of hydrogen-bond donors (Lipinski definition) is 2. The van der Waals surface area contributed by atoms with Crippen molar-refractivity contribution in [2.75, 3.05) is 24.6 Å². The topological polar surface area (TPSA) is 67.6 Å². The first-order valence-corrected chi connectivity index (χ1v) is 5.78. The standard InChI is InChI=1S/C12H15N3O2/c13-4-8-1-2-11-10(3-8)15(9-5-14-6-9)12(16)7-17-11/h1-3,9,14H,4-7,13H2. The number of anilines is 1. The second-order valence-corrected chi connectivity index (χ2v) is 4.37. The summed E-state index contributed by atoms with van der Waals surface area (Å²) in [6.07, 6.45) is 0. The molecule has 17 heavy (non-hydrogen) atoms. The van der Waals surface area contributed by atoms with Gasteiger partial charge in [-0.05, 0) is 17.7 Å². The zero-order valence-electron chi connectivity index (χ0n) is 9.48. The quantitative estimate of drug-likeness (QED) is 0.745. The number of carbonyl (C=O) groups excluding carboxylic acids is 1. The highest BCUT2D eigenvalue weighted by Crippen LogP contribution is 2.34. The molecule has 0 spiro atoms. The third kappa shape index (κ3) is 1.67. The number of nitrogens with two attached hydrogens (primary N) is 1. The molecule has 0 atom stereocenters. The fourth-order valence-electron chi connectivity index (χ4n) is 2.20. The first-order valence-electron chi connectivity index (χ1n) is 5.78. The molecule has 3 rings (SSSR count). The molecule has 2 aliphatic heterocycles. The van der Waals surface area contributed by atoms with Crippen LogP contribution in [0.1, 0.15) is 5.56 Å². The molecule has 2 heterocycles. The van der Waals surface area contributed by atoms with Crippen molar-refractivity contribution in [1.29, 1.82) is 0 Å². The summed E-state index contributed by atoms with van der Waals surface area (Å²) in [5, 5.41) is 3.18. The third-order valence-corrected chi connectivity index (χ3v) is 3.26. The zero-order valence-corrected chi connectivity index (χ0v) is 9.48. The summed E-state index contributed by atoms with van der Waals surface area (Å²) < 4.78 is 5.43. The summed E-state index contributed by atoms with van der Waals surface area (Å²) in [5.74, 6) is 0.798. The Morgan fingerprint density at radius 2 is 2.29 bits per heavy atom. The van der Waals surface area contributed by atoms with Gasteiger partial charge in [0.25, 0.3) is 5.91 Å². The van der Waals surface area contributed by atoms with E-state index in [0.29, 0.717) is 6.54 Å². The van der Waals surface area contributed by atoms with Gasteiger partial charge in [0.1, 0.15) is 5.75 Å². The van der Waals surface area contributed by atoms with Crippen LogP contribution in [0, 0.1) is 0 Å². The molecule has 90 valence electrons. The van der Waals surface area contributed by atoms with Gasteiger partial charge in [-0.2, -0.15) is 0 Å². The highest BCUT2D eigenvalue weighted by Gasteiger charge is 2.34. The van der Waals surface area contributed by atoms with Gasteiger partial charge < -0.3 is 20.7 Å². The van der Waals surface area contributed by atoms with Crippen molar-refractivity contribution < 1.29 is 9.53 Å². The maximum absolute atomic E-state index is 11.9. The van der Waals surface area contributed by atoms with E-state index in [2.05, 4.69) is 5.32 Å². The molecule has 5 heteroatoms. The van der Waals surface area contributed by atoms with Gasteiger partial charge in [-0.15, -0.1) is 0 Å². The molecular formula is C12H15N3O2. The number of ether oxygens (including phenoxy) is 1. The van der Waals surface area contributed by atoms with E-state index in [1.54, 1.807) is 0 Å². The maximum Gasteiger partial charge on any atom is 0.265 e. The van der Waals surface area contributed by atoms with Crippen LogP contribution in [0.4, 0.5) is 5.69 Å². The van der Waals surface area contributed by atoms with E-state index < -0.39 is 0 Å². The van der Waals surface area contributed by atoms with Crippen LogP contribution >= 0.6 is 0 Å². The van der Waals surface area contributed by atoms with E-state index in [1.807, 2.05) is 23.1 Å². The molecule has 5 nitrogen and oxygen atoms in total. The monoisotopic (exact) mass is 233 g/mol. The lowest BCUT2D eigenvalue weighted by Gasteiger charge is -2.40. The van der Waals surface area contributed by atoms with Crippen LogP contribution in [-0.4, -0.2) is 31.6 Å². The Kier molecular flexibility index (Phi) is 2.49. The van der Waals surface area contributed by atoms with Gasteiger partial charge in [0, 0.05) is 19.6 Å². The number of carbonyl (C=O) groups is 1. The highest BCUT2D eigenvalue weighted by molar-refractivity contribution is 5.98. The van der Waals surface area contributed by atoms with Crippen LogP contribution in [0.3, 0.4) is 0 Å². The van der Waals surface area contributed by atoms with E-state index in [0.717, 1.165) is 30.1 Å². The molecular weight excluding hydrogens is 218 g/mol. The summed E-state index contributed by atoms with van der Waals surface area (Å²) in [7, 11) is 0. The lowest BCUT2D eigenvalue weighted by Crippen LogP contribution is -2.61. The lowest BCUT2D eigenvalue weighted by molar-refractivity contribution is -0.122. The molecule has 1 amide bonds. The SMILES string of the molecule is NCc1ccc2c(c1)N(C1CNC1)C(=O)CO2. The second kappa shape index (κ2) is 4.01. The maximum atomic E-state index is 11.9. The summed E-state index contributed by atoms with van der Waals surface area (Å²) in [4.78, 5) is 13.8. The van der Waals surface area contributed by atoms with Gasteiger partial charge >= 0.3 is 0 Å². The van der Waals surface area contributed by atoms with Crippen LogP contribution in [0.25, 0.3) is 0 Å². The van der Waals surface area contributed by atoms with Gasteiger partial charge in [0.05, 0.1) is 11.7 Å². The molecule has 0 saturated carbocycles. The molecule has 0 bridgehead atoms. The number of rotatable bonds is 2. The Morgan fingerprint density at radius 3 is 2.94 bits per heavy atom. The summed E-state index contributed by atoms with van der Waals surface area (Å²) >= 11 is 0. The number of nitrogens with zero attached hydrogens (tertiary/aromatic N) is 1. The minimum absolute atomic E-state index is 0.0261. The third-order valence-electron chi connectivity index (χ3n) is 3.26. The van der Waals surface area contributed by atoms with Crippen molar-refractivity contribution in [2.45, 2.75) is 12.6 Å². The molecule has 3 N–H and O–H groups in total. The van der Waals surface area contributed by atoms with E-state index in [-0.39, 0.29) is 18.6 Å². The molecule has 1 aromatic carbocycles. The minimum Gasteiger partial charge on any atom is -0.482 e. The average molecular weight is 233 g/mol. The van der Waals surface area contributed by atoms with Gasteiger partial charge in [-0.3, -0.25) is 4.79 Å². The van der Waals surface area contributed by atoms with E-state index in [4.69, 9.17) is 10.5 Å². The molecule has 1 saturated heterocycles. The molecule has 0 radical (unpaired) electrons. The number of amides is 1. The van der Waals surface area contributed by atoms with Crippen LogP contribution in [-0.2, 0) is 11.3 Å². The summed E-state index contributed by atoms with van der Waals surface area (Å²) in [6.45, 7) is 2.29. The Morgan fingerprint density at radius 1 is 1.47 bits per heavy atom. The summed E-state index contributed by atoms with van der Waals surface area (Å²) in [5.41, 5.74) is 7.50. The molecule has 0 aromatic heterocycles. The fraction of sp³-hybridized carbons (Fsp3) is 0.417. The van der Waals surface area contributed by atoms with E-state index >= 15 is 0 Å². The van der Waals surface area contributed by atoms with Crippen molar-refractivity contribution in [3.8, 4) is 5.75 Å². The predicted molar refractivity (Wildman–Crippen MR) is 64.0 cm³/mol. The van der Waals surface area contributed by atoms with Crippen LogP contribution < -0.4 is 20.7 Å². The Hall–Kier alpha value is -1.59. The van der Waals surface area contributed by atoms with Gasteiger partial charge in [-0.1, -0.05) is 6.07 Å². The second-order valence-electron chi connectivity index (χ2n) is 4.37. The van der Waals surface area contributed by atoms with Crippen molar-refractivity contribution >= 4 is 11.6 Å². The van der Waals surface area contributed by atoms with E-state index in [1.165, 1.54) is 0 Å². The van der Waals surface area contributed by atoms with Crippen LogP contribution in [0.15, 0.2) is 18.2 Å². The van der Waals surface area contributed by atoms with Gasteiger partial charge in [0.2, 0.25) is 0 Å². The molecule has 1 aromatic rings. The lowest BCUT2D eigenvalue weighted by atomic mass is 10.1. The summed E-state index contributed by atoms with van der Waals surface area (Å²) in [6, 6.07) is 6.03. The van der Waals surface area contributed by atoms with Gasteiger partial charge in [0.15, 0.2) is 6.61 Å². The van der Waals surface area contributed by atoms with Crippen molar-refractivity contribution in [3.63, 3.8) is 0 Å². The Labute approximate surface area is 99.5 Å². The van der Waals surface area contributed by atoms with Crippen molar-refractivity contribution in [3.05, 3.63) is 23.8 Å². The van der Waals surface area contributed by atoms with Crippen LogP contribution in [0.5, 0.6) is 5.75 Å². The van der Waals surface area contributed by atoms with Crippen LogP contribution in [0.2, 0.25) is 0 Å². The van der Waals surface area contributed by atoms with Gasteiger partial charge in [-0.25, -0.2) is 0 Å². The zero-order chi connectivity index (χ0) is 11.8. The Bertz CT molecular complexity index is 457. The number of hydrogen-bond acceptors (Lipinski definition) is 4. The van der Waals surface area contributed by atoms with E-state index in [9.17, 15) is 4.79 Å². The normalized spacial score (nSPS) is 19.6. The fourth-order valence-corrected chi connectivity index (χ4v) is 2.20. The average Bonchev–Trinajstić information content (AvgIpc) is 2.30. The highest BCUT2D eigenvalue weighted by atomic mass is 16.5. The molecule has 0 aliphatic carbocycles. The molecule has 0 unspecified atom stereocenters. The smallest absolute Gasteiger partial charge is 0.265 e. The number of benzene rings is 1. The Balaban J connectivity index is 2.01. The number of nitrogens with one attached hydrogen (secondary N) is 1. The minimum atomic E-state index is 0.0261. The predicted octanol–water partition coefficient (Wildman–Crippen LogP) is -0.158. The number of fused-ring (bicyclic) bond motifs is 1.